The number of aliphatic hydroxyl groups excluding tert-OH is 1. The number of aromatic nitrogens is 3. The maximum Gasteiger partial charge on any atom is 0.231 e. The Kier molecular flexibility index (Phi) is 6.24. The molecular formula is C12H22ClN5O. The molecule has 0 fully saturated rings. The highest BCUT2D eigenvalue weighted by atomic mass is 35.5. The number of aliphatic hydroxyl groups is 1. The number of hydrogen-bond donors (Lipinski definition) is 1. The number of nitrogens with zero attached hydrogens (tertiary/aromatic N) is 5. The lowest BCUT2D eigenvalue weighted by molar-refractivity contribution is 0.298. The summed E-state index contributed by atoms with van der Waals surface area (Å²) >= 11 is 5.98. The zero-order valence-corrected chi connectivity index (χ0v) is 12.7. The Morgan fingerprint density at radius 2 is 1.68 bits per heavy atom. The SMILES string of the molecule is CCN(CC)c1nc(Cl)nc(N(CCO)C(C)C)n1. The van der Waals surface area contributed by atoms with Crippen LogP contribution in [0.3, 0.4) is 0 Å². The van der Waals surface area contributed by atoms with Crippen LogP contribution in [-0.2, 0) is 0 Å². The van der Waals surface area contributed by atoms with Crippen LogP contribution in [0.1, 0.15) is 27.7 Å². The van der Waals surface area contributed by atoms with E-state index in [1.807, 2.05) is 37.5 Å². The third-order valence-corrected chi connectivity index (χ3v) is 3.02. The van der Waals surface area contributed by atoms with Crippen LogP contribution in [-0.4, -0.2) is 52.3 Å². The quantitative estimate of drug-likeness (QED) is 0.821. The molecule has 0 atom stereocenters. The molecule has 0 aliphatic rings. The number of anilines is 2. The van der Waals surface area contributed by atoms with Gasteiger partial charge in [0.25, 0.3) is 0 Å². The van der Waals surface area contributed by atoms with Crippen molar-refractivity contribution in [1.82, 2.24) is 15.0 Å². The summed E-state index contributed by atoms with van der Waals surface area (Å²) in [6.45, 7) is 10.2. The second kappa shape index (κ2) is 7.45. The molecule has 1 aromatic heterocycles. The van der Waals surface area contributed by atoms with E-state index < -0.39 is 0 Å². The summed E-state index contributed by atoms with van der Waals surface area (Å²) in [7, 11) is 0. The first-order valence-electron chi connectivity index (χ1n) is 6.57. The normalized spacial score (nSPS) is 10.9. The van der Waals surface area contributed by atoms with Gasteiger partial charge in [-0.25, -0.2) is 0 Å². The Morgan fingerprint density at radius 1 is 1.11 bits per heavy atom. The van der Waals surface area contributed by atoms with Gasteiger partial charge in [0, 0.05) is 25.7 Å². The minimum Gasteiger partial charge on any atom is -0.395 e. The summed E-state index contributed by atoms with van der Waals surface area (Å²) in [5.74, 6) is 1.08. The van der Waals surface area contributed by atoms with E-state index in [-0.39, 0.29) is 17.9 Å². The molecule has 1 rings (SSSR count). The molecule has 0 aliphatic heterocycles. The summed E-state index contributed by atoms with van der Waals surface area (Å²) in [5, 5.41) is 9.31. The van der Waals surface area contributed by atoms with Crippen molar-refractivity contribution in [1.29, 1.82) is 0 Å². The van der Waals surface area contributed by atoms with Crippen molar-refractivity contribution in [2.75, 3.05) is 36.0 Å². The first-order valence-corrected chi connectivity index (χ1v) is 6.95. The predicted octanol–water partition coefficient (Wildman–Crippen LogP) is 1.58. The fourth-order valence-corrected chi connectivity index (χ4v) is 1.95. The predicted molar refractivity (Wildman–Crippen MR) is 78.0 cm³/mol. The highest BCUT2D eigenvalue weighted by Crippen LogP contribution is 2.18. The van der Waals surface area contributed by atoms with Gasteiger partial charge in [0.15, 0.2) is 0 Å². The minimum atomic E-state index is 0.0437. The topological polar surface area (TPSA) is 65.4 Å². The lowest BCUT2D eigenvalue weighted by atomic mass is 10.3. The van der Waals surface area contributed by atoms with Gasteiger partial charge in [-0.15, -0.1) is 0 Å². The average Bonchev–Trinajstić information content (AvgIpc) is 2.36. The molecule has 108 valence electrons. The van der Waals surface area contributed by atoms with Crippen LogP contribution in [0.15, 0.2) is 0 Å². The first kappa shape index (κ1) is 15.9. The van der Waals surface area contributed by atoms with E-state index in [0.717, 1.165) is 13.1 Å². The number of halogens is 1. The Labute approximate surface area is 119 Å². The van der Waals surface area contributed by atoms with Gasteiger partial charge in [-0.1, -0.05) is 0 Å². The molecule has 6 nitrogen and oxygen atoms in total. The first-order chi connectivity index (χ1) is 9.03. The van der Waals surface area contributed by atoms with E-state index in [0.29, 0.717) is 18.4 Å². The van der Waals surface area contributed by atoms with E-state index in [2.05, 4.69) is 15.0 Å². The van der Waals surface area contributed by atoms with Gasteiger partial charge in [-0.05, 0) is 39.3 Å². The molecule has 0 radical (unpaired) electrons. The highest BCUT2D eigenvalue weighted by molar-refractivity contribution is 6.28. The average molecular weight is 288 g/mol. The molecule has 0 aromatic carbocycles. The summed E-state index contributed by atoms with van der Waals surface area (Å²) < 4.78 is 0. The fraction of sp³-hybridized carbons (Fsp3) is 0.750. The molecule has 0 bridgehead atoms. The maximum atomic E-state index is 9.13. The van der Waals surface area contributed by atoms with Crippen molar-refractivity contribution in [3.8, 4) is 0 Å². The molecule has 0 unspecified atom stereocenters. The highest BCUT2D eigenvalue weighted by Gasteiger charge is 2.17. The standard InChI is InChI=1S/C12H22ClN5O/c1-5-17(6-2)11-14-10(13)15-12(16-11)18(7-8-19)9(3)4/h9,19H,5-8H2,1-4H3. The van der Waals surface area contributed by atoms with E-state index >= 15 is 0 Å². The van der Waals surface area contributed by atoms with Crippen LogP contribution in [0.5, 0.6) is 0 Å². The molecular weight excluding hydrogens is 266 g/mol. The van der Waals surface area contributed by atoms with Crippen molar-refractivity contribution in [3.05, 3.63) is 5.28 Å². The van der Waals surface area contributed by atoms with Crippen molar-refractivity contribution >= 4 is 23.5 Å². The Morgan fingerprint density at radius 3 is 2.16 bits per heavy atom. The molecule has 0 amide bonds. The summed E-state index contributed by atoms with van der Waals surface area (Å²) in [5.41, 5.74) is 0. The largest absolute Gasteiger partial charge is 0.395 e. The second-order valence-electron chi connectivity index (χ2n) is 4.39. The van der Waals surface area contributed by atoms with E-state index in [4.69, 9.17) is 16.7 Å². The Hall–Kier alpha value is -1.14. The van der Waals surface area contributed by atoms with Crippen molar-refractivity contribution < 1.29 is 5.11 Å². The van der Waals surface area contributed by atoms with E-state index in [1.54, 1.807) is 0 Å². The van der Waals surface area contributed by atoms with Gasteiger partial charge in [-0.3, -0.25) is 0 Å². The molecule has 7 heteroatoms. The van der Waals surface area contributed by atoms with Crippen LogP contribution in [0.25, 0.3) is 0 Å². The molecule has 1 heterocycles. The van der Waals surface area contributed by atoms with Gasteiger partial charge < -0.3 is 14.9 Å². The molecule has 1 aromatic rings. The van der Waals surface area contributed by atoms with Crippen LogP contribution >= 0.6 is 11.6 Å². The van der Waals surface area contributed by atoms with Crippen molar-refractivity contribution in [3.63, 3.8) is 0 Å². The summed E-state index contributed by atoms with van der Waals surface area (Å²) in [6, 6.07) is 0.176. The van der Waals surface area contributed by atoms with Crippen molar-refractivity contribution in [2.45, 2.75) is 33.7 Å². The third-order valence-electron chi connectivity index (χ3n) is 2.85. The molecule has 1 N–H and O–H groups in total. The van der Waals surface area contributed by atoms with Crippen LogP contribution in [0, 0.1) is 0 Å². The van der Waals surface area contributed by atoms with Gasteiger partial charge in [0.2, 0.25) is 17.2 Å². The maximum absolute atomic E-state index is 9.13. The molecule has 0 aliphatic carbocycles. The zero-order valence-electron chi connectivity index (χ0n) is 12.0. The molecule has 0 spiro atoms. The fourth-order valence-electron chi connectivity index (χ4n) is 1.80. The smallest absolute Gasteiger partial charge is 0.231 e. The summed E-state index contributed by atoms with van der Waals surface area (Å²) in [4.78, 5) is 16.7. The lowest BCUT2D eigenvalue weighted by Gasteiger charge is -2.27. The minimum absolute atomic E-state index is 0.0437. The molecule has 19 heavy (non-hydrogen) atoms. The van der Waals surface area contributed by atoms with Crippen LogP contribution in [0.4, 0.5) is 11.9 Å². The monoisotopic (exact) mass is 287 g/mol. The zero-order chi connectivity index (χ0) is 14.4. The van der Waals surface area contributed by atoms with Crippen LogP contribution in [0.2, 0.25) is 5.28 Å². The van der Waals surface area contributed by atoms with E-state index in [1.165, 1.54) is 0 Å². The van der Waals surface area contributed by atoms with E-state index in [9.17, 15) is 0 Å². The van der Waals surface area contributed by atoms with Gasteiger partial charge in [0.1, 0.15) is 0 Å². The van der Waals surface area contributed by atoms with Gasteiger partial charge >= 0.3 is 0 Å². The van der Waals surface area contributed by atoms with Crippen LogP contribution < -0.4 is 9.80 Å². The Bertz CT molecular complexity index is 398. The Balaban J connectivity index is 3.13. The van der Waals surface area contributed by atoms with Gasteiger partial charge in [0.05, 0.1) is 6.61 Å². The summed E-state index contributed by atoms with van der Waals surface area (Å²) in [6.07, 6.45) is 0. The van der Waals surface area contributed by atoms with Gasteiger partial charge in [-0.2, -0.15) is 15.0 Å². The number of rotatable bonds is 7. The molecule has 0 saturated heterocycles. The van der Waals surface area contributed by atoms with Crippen molar-refractivity contribution in [2.24, 2.45) is 0 Å². The third kappa shape index (κ3) is 4.18. The lowest BCUT2D eigenvalue weighted by Crippen LogP contribution is -2.35. The number of hydrogen-bond acceptors (Lipinski definition) is 6. The second-order valence-corrected chi connectivity index (χ2v) is 4.73. The molecule has 0 saturated carbocycles.